The van der Waals surface area contributed by atoms with Crippen molar-refractivity contribution in [2.75, 3.05) is 19.6 Å². The molecule has 3 aromatic rings. The number of nitrogens with one attached hydrogen (secondary N) is 1. The van der Waals surface area contributed by atoms with Crippen LogP contribution in [0.3, 0.4) is 0 Å². The van der Waals surface area contributed by atoms with Crippen LogP contribution in [0.1, 0.15) is 79.7 Å². The second-order valence-corrected chi connectivity index (χ2v) is 21.2. The Morgan fingerprint density at radius 3 is 2.26 bits per heavy atom. The van der Waals surface area contributed by atoms with Crippen LogP contribution in [0, 0.1) is 23.0 Å². The first-order valence-corrected chi connectivity index (χ1v) is 19.5. The van der Waals surface area contributed by atoms with Crippen LogP contribution in [0.4, 0.5) is 13.6 Å². The van der Waals surface area contributed by atoms with E-state index in [-0.39, 0.29) is 40.2 Å². The van der Waals surface area contributed by atoms with Gasteiger partial charge in [-0.15, -0.1) is 0 Å². The van der Waals surface area contributed by atoms with Crippen molar-refractivity contribution in [2.24, 2.45) is 11.3 Å². The molecular weight excluding hydrogens is 615 g/mol. The van der Waals surface area contributed by atoms with Crippen LogP contribution in [0.15, 0.2) is 54.7 Å². The van der Waals surface area contributed by atoms with Gasteiger partial charge in [0.15, 0.2) is 8.32 Å². The van der Waals surface area contributed by atoms with Gasteiger partial charge >= 0.3 is 6.09 Å². The van der Waals surface area contributed by atoms with Crippen LogP contribution in [-0.2, 0) is 15.7 Å². The van der Waals surface area contributed by atoms with E-state index in [1.165, 1.54) is 6.07 Å². The number of hydrogen-bond acceptors (Lipinski definition) is 5. The number of carbonyl (C=O) groups is 1. The number of rotatable bonds is 9. The Kier molecular flexibility index (Phi) is 10.8. The van der Waals surface area contributed by atoms with Gasteiger partial charge in [-0.3, -0.25) is 0 Å². The van der Waals surface area contributed by atoms with Gasteiger partial charge in [0.05, 0.1) is 17.8 Å². The maximum Gasteiger partial charge on any atom is 0.410 e. The summed E-state index contributed by atoms with van der Waals surface area (Å²) in [5.41, 5.74) is 0.653. The van der Waals surface area contributed by atoms with Crippen LogP contribution < -0.4 is 5.32 Å². The Balaban J connectivity index is 1.69. The van der Waals surface area contributed by atoms with Crippen LogP contribution >= 0.6 is 0 Å². The molecular formula is C37H54F2N4O3Si. The highest BCUT2D eigenvalue weighted by molar-refractivity contribution is 6.74. The molecule has 47 heavy (non-hydrogen) atoms. The van der Waals surface area contributed by atoms with Gasteiger partial charge in [0.25, 0.3) is 0 Å². The summed E-state index contributed by atoms with van der Waals surface area (Å²) in [4.78, 5) is 19.9. The van der Waals surface area contributed by atoms with Gasteiger partial charge in [-0.25, -0.2) is 18.6 Å². The number of aromatic nitrogens is 2. The van der Waals surface area contributed by atoms with E-state index in [4.69, 9.17) is 14.1 Å². The molecule has 0 bridgehead atoms. The topological polar surface area (TPSA) is 68.6 Å². The van der Waals surface area contributed by atoms with E-state index in [0.717, 1.165) is 23.5 Å². The van der Waals surface area contributed by atoms with E-state index in [1.807, 2.05) is 61.9 Å². The average molecular weight is 669 g/mol. The van der Waals surface area contributed by atoms with Gasteiger partial charge in [0, 0.05) is 43.9 Å². The van der Waals surface area contributed by atoms with Gasteiger partial charge in [-0.1, -0.05) is 71.9 Å². The third-order valence-corrected chi connectivity index (χ3v) is 13.7. The highest BCUT2D eigenvalue weighted by Crippen LogP contribution is 2.40. The molecule has 0 radical (unpaired) electrons. The number of hydrogen-bond donors (Lipinski definition) is 1. The molecule has 258 valence electrons. The summed E-state index contributed by atoms with van der Waals surface area (Å²) in [6, 6.07) is 13.2. The van der Waals surface area contributed by atoms with E-state index in [2.05, 4.69) is 60.0 Å². The molecule has 0 aliphatic carbocycles. The Morgan fingerprint density at radius 2 is 1.66 bits per heavy atom. The minimum absolute atomic E-state index is 0.000775. The van der Waals surface area contributed by atoms with Crippen LogP contribution in [0.5, 0.6) is 0 Å². The van der Waals surface area contributed by atoms with Gasteiger partial charge < -0.3 is 23.9 Å². The smallest absolute Gasteiger partial charge is 0.410 e. The second-order valence-electron chi connectivity index (χ2n) is 16.5. The molecule has 1 aromatic heterocycles. The lowest BCUT2D eigenvalue weighted by atomic mass is 9.85. The fourth-order valence-electron chi connectivity index (χ4n) is 5.65. The van der Waals surface area contributed by atoms with Gasteiger partial charge in [0.2, 0.25) is 0 Å². The molecule has 7 nitrogen and oxygen atoms in total. The van der Waals surface area contributed by atoms with Crippen molar-refractivity contribution in [1.29, 1.82) is 0 Å². The van der Waals surface area contributed by atoms with Gasteiger partial charge in [-0.2, -0.15) is 0 Å². The predicted molar refractivity (Wildman–Crippen MR) is 187 cm³/mol. The number of ether oxygens (including phenoxy) is 1. The van der Waals surface area contributed by atoms with Crippen molar-refractivity contribution in [3.05, 3.63) is 77.8 Å². The quantitative estimate of drug-likeness (QED) is 0.231. The standard InChI is InChI=1S/C37H54F2N4O3Si/c1-35(2,3)32(33-41-30(28-19-27(38)17-18-29(28)39)23-42(33)21-25-15-13-12-14-16-25)40-20-26-22-43(34(44)45-36(4,5)6)24-31(26)46-47(10,11)37(7,8)9/h12-19,23,26,31-32,40H,20-22,24H2,1-11H3/t26-,31-,32-/m0/s1. The van der Waals surface area contributed by atoms with E-state index in [9.17, 15) is 13.6 Å². The third kappa shape index (κ3) is 9.30. The summed E-state index contributed by atoms with van der Waals surface area (Å²) in [6.45, 7) is 25.2. The summed E-state index contributed by atoms with van der Waals surface area (Å²) in [6.07, 6.45) is 1.30. The number of halogens is 2. The molecule has 0 unspecified atom stereocenters. The zero-order valence-electron chi connectivity index (χ0n) is 30.1. The Morgan fingerprint density at radius 1 is 1.00 bits per heavy atom. The summed E-state index contributed by atoms with van der Waals surface area (Å²) in [5.74, 6) is -0.320. The fraction of sp³-hybridized carbons (Fsp3) is 0.568. The summed E-state index contributed by atoms with van der Waals surface area (Å²) < 4.78 is 44.0. The molecule has 3 atom stereocenters. The lowest BCUT2D eigenvalue weighted by Crippen LogP contribution is -2.47. The van der Waals surface area contributed by atoms with Crippen molar-refractivity contribution in [3.63, 3.8) is 0 Å². The van der Waals surface area contributed by atoms with Crippen molar-refractivity contribution >= 4 is 14.4 Å². The first-order chi connectivity index (χ1) is 21.6. The fourth-order valence-corrected chi connectivity index (χ4v) is 7.02. The number of amides is 1. The predicted octanol–water partition coefficient (Wildman–Crippen LogP) is 8.81. The van der Waals surface area contributed by atoms with E-state index >= 15 is 0 Å². The average Bonchev–Trinajstić information content (AvgIpc) is 3.52. The van der Waals surface area contributed by atoms with Crippen LogP contribution in [0.2, 0.25) is 18.1 Å². The van der Waals surface area contributed by atoms with E-state index < -0.39 is 25.6 Å². The lowest BCUT2D eigenvalue weighted by Gasteiger charge is -2.40. The number of likely N-dealkylation sites (tertiary alicyclic amines) is 1. The van der Waals surface area contributed by atoms with Crippen molar-refractivity contribution in [2.45, 2.75) is 105 Å². The first kappa shape index (κ1) is 36.7. The number of nitrogens with zero attached hydrogens (tertiary/aromatic N) is 3. The highest BCUT2D eigenvalue weighted by atomic mass is 28.4. The molecule has 1 aliphatic rings. The van der Waals surface area contributed by atoms with Crippen molar-refractivity contribution in [1.82, 2.24) is 19.8 Å². The van der Waals surface area contributed by atoms with Gasteiger partial charge in [0.1, 0.15) is 23.1 Å². The molecule has 0 saturated carbocycles. The minimum atomic E-state index is -2.17. The van der Waals surface area contributed by atoms with E-state index in [1.54, 1.807) is 4.90 Å². The number of carbonyl (C=O) groups excluding carboxylic acids is 1. The molecule has 1 saturated heterocycles. The monoisotopic (exact) mass is 668 g/mol. The van der Waals surface area contributed by atoms with Crippen molar-refractivity contribution < 1.29 is 22.7 Å². The minimum Gasteiger partial charge on any atom is -0.444 e. The maximum atomic E-state index is 15.0. The molecule has 0 spiro atoms. The Bertz CT molecular complexity index is 1520. The molecule has 1 amide bonds. The molecule has 2 heterocycles. The Labute approximate surface area is 281 Å². The number of benzene rings is 2. The maximum absolute atomic E-state index is 15.0. The Hall–Kier alpha value is -3.08. The number of imidazole rings is 1. The molecule has 1 fully saturated rings. The summed E-state index contributed by atoms with van der Waals surface area (Å²) >= 11 is 0. The zero-order chi connectivity index (χ0) is 34.9. The highest BCUT2D eigenvalue weighted by Gasteiger charge is 2.45. The zero-order valence-corrected chi connectivity index (χ0v) is 31.1. The molecule has 2 aromatic carbocycles. The van der Waals surface area contributed by atoms with Gasteiger partial charge in [-0.05, 0) is 68.1 Å². The molecule has 10 heteroatoms. The normalized spacial score (nSPS) is 18.4. The SMILES string of the molecule is CC(C)(C)OC(=O)N1C[C@H](CN[C@@H](c2nc(-c3cc(F)ccc3F)cn2Cc2ccccc2)C(C)(C)C)[C@@H](O[Si](C)(C)C(C)(C)C)C1. The van der Waals surface area contributed by atoms with Crippen LogP contribution in [0.25, 0.3) is 11.3 Å². The van der Waals surface area contributed by atoms with Crippen molar-refractivity contribution in [3.8, 4) is 11.3 Å². The summed E-state index contributed by atoms with van der Waals surface area (Å²) in [7, 11) is -2.17. The largest absolute Gasteiger partial charge is 0.444 e. The molecule has 1 aliphatic heterocycles. The first-order valence-electron chi connectivity index (χ1n) is 16.6. The molecule has 1 N–H and O–H groups in total. The lowest BCUT2D eigenvalue weighted by molar-refractivity contribution is 0.0272. The third-order valence-electron chi connectivity index (χ3n) is 9.20. The second kappa shape index (κ2) is 13.8. The summed E-state index contributed by atoms with van der Waals surface area (Å²) in [5, 5.41) is 3.81. The molecule has 4 rings (SSSR count). The van der Waals surface area contributed by atoms with Crippen LogP contribution in [-0.4, -0.2) is 60.2 Å². The van der Waals surface area contributed by atoms with E-state index in [0.29, 0.717) is 31.9 Å².